The zero-order valence-corrected chi connectivity index (χ0v) is 13.0. The number of unbranched alkanes of at least 4 members (excludes halogenated alkanes) is 3. The molecule has 2 nitrogen and oxygen atoms in total. The molecule has 0 aliphatic heterocycles. The molecule has 1 rings (SSSR count). The standard InChI is InChI=1S/C18H29NO/c1-4-6-7-8-9-13-17(19-5-2)15-16-12-10-11-14-18(16)20-3/h4,10-12,14,17,19H,1,5-9,13,15H2,2-3H3. The molecule has 2 heteroatoms. The lowest BCUT2D eigenvalue weighted by molar-refractivity contribution is 0.401. The topological polar surface area (TPSA) is 21.3 Å². The lowest BCUT2D eigenvalue weighted by Gasteiger charge is -2.19. The number of allylic oxidation sites excluding steroid dienone is 1. The van der Waals surface area contributed by atoms with Crippen LogP contribution in [0.2, 0.25) is 0 Å². The van der Waals surface area contributed by atoms with Gasteiger partial charge in [-0.2, -0.15) is 0 Å². The predicted octanol–water partition coefficient (Wildman–Crippen LogP) is 4.35. The fourth-order valence-electron chi connectivity index (χ4n) is 2.56. The fourth-order valence-corrected chi connectivity index (χ4v) is 2.56. The van der Waals surface area contributed by atoms with Crippen LogP contribution in [0, 0.1) is 0 Å². The number of rotatable bonds is 11. The molecule has 0 heterocycles. The van der Waals surface area contributed by atoms with E-state index in [0.717, 1.165) is 25.1 Å². The Labute approximate surface area is 124 Å². The normalized spacial score (nSPS) is 12.1. The minimum Gasteiger partial charge on any atom is -0.496 e. The van der Waals surface area contributed by atoms with Gasteiger partial charge in [0.15, 0.2) is 0 Å². The van der Waals surface area contributed by atoms with Crippen LogP contribution in [-0.4, -0.2) is 19.7 Å². The Balaban J connectivity index is 2.46. The monoisotopic (exact) mass is 275 g/mol. The molecule has 0 radical (unpaired) electrons. The maximum atomic E-state index is 5.44. The number of para-hydroxylation sites is 1. The first-order chi connectivity index (χ1) is 9.81. The molecule has 112 valence electrons. The molecular formula is C18H29NO. The van der Waals surface area contributed by atoms with E-state index < -0.39 is 0 Å². The fraction of sp³-hybridized carbons (Fsp3) is 0.556. The Hall–Kier alpha value is -1.28. The van der Waals surface area contributed by atoms with Crippen molar-refractivity contribution in [1.29, 1.82) is 0 Å². The zero-order chi connectivity index (χ0) is 14.6. The highest BCUT2D eigenvalue weighted by atomic mass is 16.5. The number of methoxy groups -OCH3 is 1. The van der Waals surface area contributed by atoms with Gasteiger partial charge >= 0.3 is 0 Å². The van der Waals surface area contributed by atoms with Gasteiger partial charge < -0.3 is 10.1 Å². The van der Waals surface area contributed by atoms with E-state index in [-0.39, 0.29) is 0 Å². The van der Waals surface area contributed by atoms with E-state index in [2.05, 4.69) is 31.0 Å². The van der Waals surface area contributed by atoms with Crippen molar-refractivity contribution in [1.82, 2.24) is 5.32 Å². The summed E-state index contributed by atoms with van der Waals surface area (Å²) in [6.07, 6.45) is 9.24. The summed E-state index contributed by atoms with van der Waals surface area (Å²) >= 11 is 0. The Morgan fingerprint density at radius 3 is 2.75 bits per heavy atom. The summed E-state index contributed by atoms with van der Waals surface area (Å²) in [7, 11) is 1.75. The van der Waals surface area contributed by atoms with Gasteiger partial charge in [0.2, 0.25) is 0 Å². The van der Waals surface area contributed by atoms with Crippen molar-refractivity contribution in [3.63, 3.8) is 0 Å². The van der Waals surface area contributed by atoms with Crippen molar-refractivity contribution < 1.29 is 4.74 Å². The molecule has 0 saturated carbocycles. The SMILES string of the molecule is C=CCCCCCC(Cc1ccccc1OC)NCC. The van der Waals surface area contributed by atoms with Crippen molar-refractivity contribution in [3.05, 3.63) is 42.5 Å². The Bertz CT molecular complexity index is 375. The van der Waals surface area contributed by atoms with E-state index in [0.29, 0.717) is 6.04 Å². The summed E-state index contributed by atoms with van der Waals surface area (Å²) in [5.41, 5.74) is 1.30. The third kappa shape index (κ3) is 6.25. The summed E-state index contributed by atoms with van der Waals surface area (Å²) in [6.45, 7) is 6.97. The first kappa shape index (κ1) is 16.8. The maximum Gasteiger partial charge on any atom is 0.122 e. The molecule has 0 fully saturated rings. The van der Waals surface area contributed by atoms with E-state index in [1.165, 1.54) is 31.2 Å². The number of ether oxygens (including phenoxy) is 1. The number of benzene rings is 1. The molecule has 0 aliphatic carbocycles. The predicted molar refractivity (Wildman–Crippen MR) is 87.4 cm³/mol. The largest absolute Gasteiger partial charge is 0.496 e. The van der Waals surface area contributed by atoms with Gasteiger partial charge in [-0.05, 0) is 43.9 Å². The van der Waals surface area contributed by atoms with E-state index in [1.807, 2.05) is 18.2 Å². The van der Waals surface area contributed by atoms with Crippen LogP contribution in [0.1, 0.15) is 44.6 Å². The summed E-state index contributed by atoms with van der Waals surface area (Å²) in [5.74, 6) is 1.00. The Morgan fingerprint density at radius 1 is 1.25 bits per heavy atom. The van der Waals surface area contributed by atoms with Gasteiger partial charge in [0, 0.05) is 6.04 Å². The van der Waals surface area contributed by atoms with Crippen LogP contribution in [-0.2, 0) is 6.42 Å². The summed E-state index contributed by atoms with van der Waals surface area (Å²) in [6, 6.07) is 8.87. The van der Waals surface area contributed by atoms with E-state index in [9.17, 15) is 0 Å². The van der Waals surface area contributed by atoms with Crippen molar-refractivity contribution in [3.8, 4) is 5.75 Å². The van der Waals surface area contributed by atoms with Gasteiger partial charge in [-0.3, -0.25) is 0 Å². The Kier molecular flexibility index (Phi) is 8.81. The molecule has 1 aromatic carbocycles. The first-order valence-corrected chi connectivity index (χ1v) is 7.78. The molecule has 0 aliphatic rings. The van der Waals surface area contributed by atoms with Crippen LogP contribution < -0.4 is 10.1 Å². The van der Waals surface area contributed by atoms with Gasteiger partial charge in [-0.1, -0.05) is 44.0 Å². The molecule has 1 unspecified atom stereocenters. The van der Waals surface area contributed by atoms with Gasteiger partial charge in [0.1, 0.15) is 5.75 Å². The molecular weight excluding hydrogens is 246 g/mol. The average Bonchev–Trinajstić information content (AvgIpc) is 2.47. The zero-order valence-electron chi connectivity index (χ0n) is 13.0. The summed E-state index contributed by atoms with van der Waals surface area (Å²) in [5, 5.41) is 3.60. The number of hydrogen-bond acceptors (Lipinski definition) is 2. The lowest BCUT2D eigenvalue weighted by Crippen LogP contribution is -2.31. The van der Waals surface area contributed by atoms with Crippen LogP contribution in [0.5, 0.6) is 5.75 Å². The molecule has 1 atom stereocenters. The van der Waals surface area contributed by atoms with E-state index in [4.69, 9.17) is 4.74 Å². The maximum absolute atomic E-state index is 5.44. The van der Waals surface area contributed by atoms with Crippen LogP contribution in [0.4, 0.5) is 0 Å². The quantitative estimate of drug-likeness (QED) is 0.479. The second-order valence-electron chi connectivity index (χ2n) is 5.20. The van der Waals surface area contributed by atoms with Crippen LogP contribution in [0.25, 0.3) is 0 Å². The average molecular weight is 275 g/mol. The number of likely N-dealkylation sites (N-methyl/N-ethyl adjacent to an activating group) is 1. The third-order valence-corrected chi connectivity index (χ3v) is 3.61. The van der Waals surface area contributed by atoms with Crippen molar-refractivity contribution in [2.45, 2.75) is 51.5 Å². The van der Waals surface area contributed by atoms with E-state index in [1.54, 1.807) is 7.11 Å². The molecule has 0 aromatic heterocycles. The third-order valence-electron chi connectivity index (χ3n) is 3.61. The first-order valence-electron chi connectivity index (χ1n) is 7.78. The summed E-state index contributed by atoms with van der Waals surface area (Å²) < 4.78 is 5.44. The molecule has 1 aromatic rings. The molecule has 0 spiro atoms. The van der Waals surface area contributed by atoms with E-state index >= 15 is 0 Å². The molecule has 0 saturated heterocycles. The highest BCUT2D eigenvalue weighted by Crippen LogP contribution is 2.20. The lowest BCUT2D eigenvalue weighted by atomic mass is 9.99. The number of nitrogens with one attached hydrogen (secondary N) is 1. The minimum atomic E-state index is 0.542. The highest BCUT2D eigenvalue weighted by molar-refractivity contribution is 5.33. The Morgan fingerprint density at radius 2 is 2.05 bits per heavy atom. The highest BCUT2D eigenvalue weighted by Gasteiger charge is 2.11. The molecule has 0 bridgehead atoms. The van der Waals surface area contributed by atoms with Crippen molar-refractivity contribution in [2.75, 3.05) is 13.7 Å². The van der Waals surface area contributed by atoms with Gasteiger partial charge in [-0.15, -0.1) is 6.58 Å². The number of hydrogen-bond donors (Lipinski definition) is 1. The molecule has 1 N–H and O–H groups in total. The smallest absolute Gasteiger partial charge is 0.122 e. The van der Waals surface area contributed by atoms with Gasteiger partial charge in [0.05, 0.1) is 7.11 Å². The molecule has 0 amide bonds. The second-order valence-corrected chi connectivity index (χ2v) is 5.20. The van der Waals surface area contributed by atoms with Gasteiger partial charge in [0.25, 0.3) is 0 Å². The summed E-state index contributed by atoms with van der Waals surface area (Å²) in [4.78, 5) is 0. The van der Waals surface area contributed by atoms with Crippen LogP contribution in [0.15, 0.2) is 36.9 Å². The van der Waals surface area contributed by atoms with Crippen LogP contribution >= 0.6 is 0 Å². The van der Waals surface area contributed by atoms with Gasteiger partial charge in [-0.25, -0.2) is 0 Å². The van der Waals surface area contributed by atoms with Crippen LogP contribution in [0.3, 0.4) is 0 Å². The van der Waals surface area contributed by atoms with Crippen molar-refractivity contribution in [2.24, 2.45) is 0 Å². The minimum absolute atomic E-state index is 0.542. The molecule has 20 heavy (non-hydrogen) atoms. The van der Waals surface area contributed by atoms with Crippen molar-refractivity contribution >= 4 is 0 Å². The second kappa shape index (κ2) is 10.5.